The van der Waals surface area contributed by atoms with Gasteiger partial charge in [-0.2, -0.15) is 0 Å². The second-order valence-corrected chi connectivity index (χ2v) is 7.06. The Morgan fingerprint density at radius 3 is 2.43 bits per heavy atom. The third kappa shape index (κ3) is 4.99. The number of hydrogen-bond donors (Lipinski definition) is 0. The zero-order valence-corrected chi connectivity index (χ0v) is 14.8. The summed E-state index contributed by atoms with van der Waals surface area (Å²) in [5.74, 6) is 0.529. The molecule has 1 rings (SSSR count). The SMILES string of the molecule is CCC(C)CN(CC)C(=O)c1cc(Cl)nc(C(C)(C)C)c1. The minimum atomic E-state index is -0.131. The molecule has 0 aliphatic heterocycles. The van der Waals surface area contributed by atoms with Crippen LogP contribution in [0.3, 0.4) is 0 Å². The van der Waals surface area contributed by atoms with Gasteiger partial charge in [0.1, 0.15) is 5.15 Å². The van der Waals surface area contributed by atoms with E-state index in [0.29, 0.717) is 23.2 Å². The quantitative estimate of drug-likeness (QED) is 0.748. The number of pyridine rings is 1. The van der Waals surface area contributed by atoms with Gasteiger partial charge in [0.25, 0.3) is 5.91 Å². The fourth-order valence-corrected chi connectivity index (χ4v) is 2.26. The third-order valence-corrected chi connectivity index (χ3v) is 3.90. The van der Waals surface area contributed by atoms with Gasteiger partial charge in [0, 0.05) is 29.8 Å². The fraction of sp³-hybridized carbons (Fsp3) is 0.647. The van der Waals surface area contributed by atoms with Crippen molar-refractivity contribution >= 4 is 17.5 Å². The van der Waals surface area contributed by atoms with E-state index >= 15 is 0 Å². The van der Waals surface area contributed by atoms with E-state index in [0.717, 1.165) is 18.7 Å². The number of aromatic nitrogens is 1. The Balaban J connectivity index is 3.08. The molecule has 1 aromatic heterocycles. The minimum absolute atomic E-state index is 0.0348. The van der Waals surface area contributed by atoms with Gasteiger partial charge >= 0.3 is 0 Å². The van der Waals surface area contributed by atoms with Crippen molar-refractivity contribution in [1.29, 1.82) is 0 Å². The maximum Gasteiger partial charge on any atom is 0.254 e. The van der Waals surface area contributed by atoms with Crippen LogP contribution in [0, 0.1) is 5.92 Å². The van der Waals surface area contributed by atoms with Crippen LogP contribution >= 0.6 is 11.6 Å². The lowest BCUT2D eigenvalue weighted by Crippen LogP contribution is -2.34. The van der Waals surface area contributed by atoms with Crippen LogP contribution in [0.5, 0.6) is 0 Å². The molecule has 0 spiro atoms. The number of carbonyl (C=O) groups is 1. The monoisotopic (exact) mass is 310 g/mol. The third-order valence-electron chi connectivity index (χ3n) is 3.71. The van der Waals surface area contributed by atoms with Crippen LogP contribution in [-0.4, -0.2) is 28.9 Å². The minimum Gasteiger partial charge on any atom is -0.339 e. The van der Waals surface area contributed by atoms with Crippen molar-refractivity contribution in [3.8, 4) is 0 Å². The van der Waals surface area contributed by atoms with Gasteiger partial charge in [0.05, 0.1) is 0 Å². The molecular weight excluding hydrogens is 284 g/mol. The van der Waals surface area contributed by atoms with Crippen LogP contribution in [0.1, 0.15) is 64.0 Å². The summed E-state index contributed by atoms with van der Waals surface area (Å²) in [6, 6.07) is 3.53. The lowest BCUT2D eigenvalue weighted by atomic mass is 9.90. The van der Waals surface area contributed by atoms with E-state index < -0.39 is 0 Å². The van der Waals surface area contributed by atoms with Crippen LogP contribution in [0.25, 0.3) is 0 Å². The molecule has 0 saturated heterocycles. The Morgan fingerprint density at radius 2 is 1.95 bits per heavy atom. The predicted molar refractivity (Wildman–Crippen MR) is 89.0 cm³/mol. The standard InChI is InChI=1S/C17H27ClN2O/c1-7-12(3)11-20(8-2)16(21)13-9-14(17(4,5)6)19-15(18)10-13/h9-10,12H,7-8,11H2,1-6H3. The van der Waals surface area contributed by atoms with Gasteiger partial charge in [0.2, 0.25) is 0 Å². The second-order valence-electron chi connectivity index (χ2n) is 6.67. The number of halogens is 1. The van der Waals surface area contributed by atoms with Crippen molar-refractivity contribution < 1.29 is 4.79 Å². The van der Waals surface area contributed by atoms with Gasteiger partial charge in [-0.15, -0.1) is 0 Å². The summed E-state index contributed by atoms with van der Waals surface area (Å²) < 4.78 is 0. The summed E-state index contributed by atoms with van der Waals surface area (Å²) in [6.07, 6.45) is 1.06. The highest BCUT2D eigenvalue weighted by atomic mass is 35.5. The van der Waals surface area contributed by atoms with Crippen molar-refractivity contribution in [1.82, 2.24) is 9.88 Å². The van der Waals surface area contributed by atoms with Gasteiger partial charge in [-0.3, -0.25) is 4.79 Å². The highest BCUT2D eigenvalue weighted by Crippen LogP contribution is 2.24. The maximum atomic E-state index is 12.7. The smallest absolute Gasteiger partial charge is 0.254 e. The predicted octanol–water partition coefficient (Wildman–Crippen LogP) is 4.54. The van der Waals surface area contributed by atoms with Crippen LogP contribution in [-0.2, 0) is 5.41 Å². The van der Waals surface area contributed by atoms with Crippen molar-refractivity contribution in [2.45, 2.75) is 53.4 Å². The first kappa shape index (κ1) is 18.0. The van der Waals surface area contributed by atoms with Crippen LogP contribution in [0.4, 0.5) is 0 Å². The molecule has 1 amide bonds. The van der Waals surface area contributed by atoms with Crippen LogP contribution < -0.4 is 0 Å². The van der Waals surface area contributed by atoms with Gasteiger partial charge in [-0.25, -0.2) is 4.98 Å². The van der Waals surface area contributed by atoms with E-state index in [1.807, 2.05) is 17.9 Å². The van der Waals surface area contributed by atoms with Crippen LogP contribution in [0.15, 0.2) is 12.1 Å². The summed E-state index contributed by atoms with van der Waals surface area (Å²) in [7, 11) is 0. The Labute approximate surface area is 133 Å². The summed E-state index contributed by atoms with van der Waals surface area (Å²) in [5.41, 5.74) is 1.34. The van der Waals surface area contributed by atoms with Gasteiger partial charge in [-0.1, -0.05) is 52.6 Å². The molecule has 0 N–H and O–H groups in total. The number of rotatable bonds is 5. The number of amides is 1. The molecule has 21 heavy (non-hydrogen) atoms. The molecule has 0 fully saturated rings. The normalized spacial score (nSPS) is 13.1. The molecule has 1 heterocycles. The number of hydrogen-bond acceptors (Lipinski definition) is 2. The van der Waals surface area contributed by atoms with E-state index in [1.54, 1.807) is 6.07 Å². The zero-order chi connectivity index (χ0) is 16.2. The number of nitrogens with zero attached hydrogens (tertiary/aromatic N) is 2. The molecule has 0 aliphatic carbocycles. The van der Waals surface area contributed by atoms with E-state index in [4.69, 9.17) is 11.6 Å². The molecule has 0 saturated carbocycles. The topological polar surface area (TPSA) is 33.2 Å². The Kier molecular flexibility index (Phi) is 6.21. The van der Waals surface area contributed by atoms with Gasteiger partial charge in [-0.05, 0) is 25.0 Å². The Bertz CT molecular complexity index is 494. The molecule has 0 radical (unpaired) electrons. The highest BCUT2D eigenvalue weighted by Gasteiger charge is 2.21. The number of carbonyl (C=O) groups excluding carboxylic acids is 1. The zero-order valence-electron chi connectivity index (χ0n) is 14.0. The first-order chi connectivity index (χ1) is 9.68. The van der Waals surface area contributed by atoms with Crippen LogP contribution in [0.2, 0.25) is 5.15 Å². The summed E-state index contributed by atoms with van der Waals surface area (Å²) >= 11 is 6.10. The molecule has 4 heteroatoms. The average molecular weight is 311 g/mol. The lowest BCUT2D eigenvalue weighted by Gasteiger charge is -2.25. The summed E-state index contributed by atoms with van der Waals surface area (Å²) in [4.78, 5) is 18.9. The fourth-order valence-electron chi connectivity index (χ4n) is 2.05. The maximum absolute atomic E-state index is 12.7. The van der Waals surface area contributed by atoms with E-state index in [9.17, 15) is 4.79 Å². The molecule has 1 atom stereocenters. The Morgan fingerprint density at radius 1 is 1.33 bits per heavy atom. The molecule has 1 unspecified atom stereocenters. The lowest BCUT2D eigenvalue weighted by molar-refractivity contribution is 0.0740. The largest absolute Gasteiger partial charge is 0.339 e. The molecule has 3 nitrogen and oxygen atoms in total. The van der Waals surface area contributed by atoms with Gasteiger partial charge < -0.3 is 4.90 Å². The molecule has 0 aliphatic rings. The summed E-state index contributed by atoms with van der Waals surface area (Å²) in [5, 5.41) is 0.380. The molecule has 0 bridgehead atoms. The first-order valence-corrected chi connectivity index (χ1v) is 8.04. The molecule has 0 aromatic carbocycles. The van der Waals surface area contributed by atoms with Crippen molar-refractivity contribution in [3.63, 3.8) is 0 Å². The summed E-state index contributed by atoms with van der Waals surface area (Å²) in [6.45, 7) is 14.0. The molecule has 118 valence electrons. The van der Waals surface area contributed by atoms with E-state index in [1.165, 1.54) is 0 Å². The van der Waals surface area contributed by atoms with E-state index in [2.05, 4.69) is 39.6 Å². The Hall–Kier alpha value is -1.09. The van der Waals surface area contributed by atoms with Crippen molar-refractivity contribution in [3.05, 3.63) is 28.5 Å². The van der Waals surface area contributed by atoms with E-state index in [-0.39, 0.29) is 11.3 Å². The average Bonchev–Trinajstić information content (AvgIpc) is 2.42. The first-order valence-electron chi connectivity index (χ1n) is 7.66. The second kappa shape index (κ2) is 7.26. The molecule has 1 aromatic rings. The van der Waals surface area contributed by atoms with Gasteiger partial charge in [0.15, 0.2) is 0 Å². The highest BCUT2D eigenvalue weighted by molar-refractivity contribution is 6.29. The van der Waals surface area contributed by atoms with Crippen molar-refractivity contribution in [2.75, 3.05) is 13.1 Å². The molecular formula is C17H27ClN2O. The van der Waals surface area contributed by atoms with Crippen molar-refractivity contribution in [2.24, 2.45) is 5.92 Å².